The van der Waals surface area contributed by atoms with Crippen molar-refractivity contribution in [2.75, 3.05) is 5.75 Å². The number of hydrogen-bond donors (Lipinski definition) is 1. The van der Waals surface area contributed by atoms with Crippen LogP contribution in [-0.4, -0.2) is 33.8 Å². The second-order valence-electron chi connectivity index (χ2n) is 5.71. The lowest BCUT2D eigenvalue weighted by atomic mass is 9.84. The molecule has 24 heavy (non-hydrogen) atoms. The number of halogens is 3. The van der Waals surface area contributed by atoms with Gasteiger partial charge in [0.15, 0.2) is 0 Å². The molecule has 2 aromatic rings. The molecule has 1 saturated carbocycles. The first kappa shape index (κ1) is 17.5. The van der Waals surface area contributed by atoms with E-state index in [1.165, 1.54) is 29.4 Å². The van der Waals surface area contributed by atoms with E-state index in [0.717, 1.165) is 10.2 Å². The number of nitrogens with zero attached hydrogens (tertiary/aromatic N) is 2. The average molecular weight is 375 g/mol. The topological polar surface area (TPSA) is 54.9 Å². The van der Waals surface area contributed by atoms with Crippen molar-refractivity contribution in [1.82, 2.24) is 15.3 Å². The van der Waals surface area contributed by atoms with Gasteiger partial charge in [-0.1, -0.05) is 24.6 Å². The van der Waals surface area contributed by atoms with E-state index in [0.29, 0.717) is 24.3 Å². The highest BCUT2D eigenvalue weighted by molar-refractivity contribution is 8.00. The molecule has 9 heteroatoms. The molecule has 2 atom stereocenters. The number of amides is 1. The molecule has 0 spiro atoms. The molecule has 130 valence electrons. The summed E-state index contributed by atoms with van der Waals surface area (Å²) in [5, 5.41) is 5.14. The SMILES string of the molecule is O=C(CSc1ncnc2ccsc12)N[C@@H]1CCCC[C@H]1C(F)(F)F. The minimum absolute atomic E-state index is 0.0467. The van der Waals surface area contributed by atoms with E-state index in [1.807, 2.05) is 11.4 Å². The molecule has 4 nitrogen and oxygen atoms in total. The lowest BCUT2D eigenvalue weighted by Crippen LogP contribution is -2.48. The van der Waals surface area contributed by atoms with Crippen LogP contribution in [0.15, 0.2) is 22.8 Å². The zero-order valence-electron chi connectivity index (χ0n) is 12.7. The number of rotatable bonds is 4. The molecule has 1 amide bonds. The van der Waals surface area contributed by atoms with Gasteiger partial charge in [0.2, 0.25) is 5.91 Å². The van der Waals surface area contributed by atoms with Crippen LogP contribution >= 0.6 is 23.1 Å². The van der Waals surface area contributed by atoms with Gasteiger partial charge in [-0.05, 0) is 24.3 Å². The maximum atomic E-state index is 13.1. The Balaban J connectivity index is 1.60. The molecule has 0 unspecified atom stereocenters. The van der Waals surface area contributed by atoms with Gasteiger partial charge in [-0.25, -0.2) is 9.97 Å². The van der Waals surface area contributed by atoms with Gasteiger partial charge in [-0.15, -0.1) is 11.3 Å². The van der Waals surface area contributed by atoms with Crippen molar-refractivity contribution < 1.29 is 18.0 Å². The Morgan fingerprint density at radius 3 is 2.92 bits per heavy atom. The van der Waals surface area contributed by atoms with Gasteiger partial charge in [0, 0.05) is 6.04 Å². The highest BCUT2D eigenvalue weighted by atomic mass is 32.2. The predicted octanol–water partition coefficient (Wildman–Crippen LogP) is 4.02. The molecule has 0 saturated heterocycles. The van der Waals surface area contributed by atoms with Crippen LogP contribution in [0.3, 0.4) is 0 Å². The first-order valence-electron chi connectivity index (χ1n) is 7.62. The summed E-state index contributed by atoms with van der Waals surface area (Å²) in [5.41, 5.74) is 0.808. The van der Waals surface area contributed by atoms with Crippen LogP contribution in [-0.2, 0) is 4.79 Å². The number of carbonyl (C=O) groups is 1. The monoisotopic (exact) mass is 375 g/mol. The fourth-order valence-electron chi connectivity index (χ4n) is 2.95. The van der Waals surface area contributed by atoms with Crippen LogP contribution in [0.5, 0.6) is 0 Å². The van der Waals surface area contributed by atoms with Crippen LogP contribution in [0.1, 0.15) is 25.7 Å². The normalized spacial score (nSPS) is 21.8. The maximum absolute atomic E-state index is 13.1. The molecule has 2 aromatic heterocycles. The summed E-state index contributed by atoms with van der Waals surface area (Å²) >= 11 is 2.70. The number of carbonyl (C=O) groups excluding carboxylic acids is 1. The molecule has 1 N–H and O–H groups in total. The van der Waals surface area contributed by atoms with Crippen LogP contribution < -0.4 is 5.32 Å². The Morgan fingerprint density at radius 2 is 2.12 bits per heavy atom. The molecule has 1 fully saturated rings. The smallest absolute Gasteiger partial charge is 0.352 e. The number of nitrogens with one attached hydrogen (secondary N) is 1. The lowest BCUT2D eigenvalue weighted by Gasteiger charge is -2.33. The lowest BCUT2D eigenvalue weighted by molar-refractivity contribution is -0.189. The fourth-order valence-corrected chi connectivity index (χ4v) is 4.70. The Labute approximate surface area is 145 Å². The zero-order valence-corrected chi connectivity index (χ0v) is 14.3. The number of alkyl halides is 3. The van der Waals surface area contributed by atoms with Crippen molar-refractivity contribution in [1.29, 1.82) is 0 Å². The summed E-state index contributed by atoms with van der Waals surface area (Å²) in [6, 6.07) is 1.04. The molecule has 0 radical (unpaired) electrons. The van der Waals surface area contributed by atoms with Gasteiger partial charge in [0.05, 0.1) is 21.9 Å². The van der Waals surface area contributed by atoms with E-state index in [9.17, 15) is 18.0 Å². The molecular formula is C15H16F3N3OS2. The van der Waals surface area contributed by atoms with Crippen molar-refractivity contribution in [2.24, 2.45) is 5.92 Å². The summed E-state index contributed by atoms with van der Waals surface area (Å²) in [5.74, 6) is -1.78. The molecule has 0 aliphatic heterocycles. The second-order valence-corrected chi connectivity index (χ2v) is 7.59. The summed E-state index contributed by atoms with van der Waals surface area (Å²) in [6.07, 6.45) is -1.10. The van der Waals surface area contributed by atoms with Gasteiger partial charge in [0.25, 0.3) is 0 Å². The van der Waals surface area contributed by atoms with Crippen molar-refractivity contribution in [2.45, 2.75) is 42.9 Å². The van der Waals surface area contributed by atoms with Crippen molar-refractivity contribution in [3.63, 3.8) is 0 Å². The summed E-state index contributed by atoms with van der Waals surface area (Å²) in [7, 11) is 0. The molecule has 3 rings (SSSR count). The summed E-state index contributed by atoms with van der Waals surface area (Å²) in [4.78, 5) is 20.4. The third-order valence-corrected chi connectivity index (χ3v) is 6.11. The van der Waals surface area contributed by atoms with E-state index in [2.05, 4.69) is 15.3 Å². The van der Waals surface area contributed by atoms with Gasteiger partial charge in [-0.2, -0.15) is 13.2 Å². The van der Waals surface area contributed by atoms with E-state index >= 15 is 0 Å². The Kier molecular flexibility index (Phi) is 5.29. The molecule has 1 aliphatic carbocycles. The quantitative estimate of drug-likeness (QED) is 0.648. The number of thiophene rings is 1. The van der Waals surface area contributed by atoms with Crippen molar-refractivity contribution in [3.05, 3.63) is 17.8 Å². The third-order valence-electron chi connectivity index (χ3n) is 4.08. The average Bonchev–Trinajstić information content (AvgIpc) is 3.01. The highest BCUT2D eigenvalue weighted by Crippen LogP contribution is 2.37. The molecule has 2 heterocycles. The highest BCUT2D eigenvalue weighted by Gasteiger charge is 2.45. The largest absolute Gasteiger partial charge is 0.393 e. The van der Waals surface area contributed by atoms with Crippen molar-refractivity contribution >= 4 is 39.2 Å². The van der Waals surface area contributed by atoms with Gasteiger partial charge in [-0.3, -0.25) is 4.79 Å². The van der Waals surface area contributed by atoms with E-state index < -0.39 is 18.1 Å². The standard InChI is InChI=1S/C15H16F3N3OS2/c16-15(17,18)9-3-1-2-4-10(9)21-12(22)7-24-14-13-11(5-6-23-13)19-8-20-14/h5-6,8-10H,1-4,7H2,(H,21,22)/t9-,10-/m1/s1. The van der Waals surface area contributed by atoms with Crippen molar-refractivity contribution in [3.8, 4) is 0 Å². The van der Waals surface area contributed by atoms with Crippen LogP contribution in [0.25, 0.3) is 10.2 Å². The zero-order chi connectivity index (χ0) is 17.2. The van der Waals surface area contributed by atoms with Crippen LogP contribution in [0, 0.1) is 5.92 Å². The van der Waals surface area contributed by atoms with E-state index in [-0.39, 0.29) is 18.1 Å². The number of thioether (sulfide) groups is 1. The Morgan fingerprint density at radius 1 is 1.33 bits per heavy atom. The van der Waals surface area contributed by atoms with Gasteiger partial charge in [0.1, 0.15) is 11.4 Å². The van der Waals surface area contributed by atoms with Crippen LogP contribution in [0.4, 0.5) is 13.2 Å². The molecule has 0 bridgehead atoms. The minimum atomic E-state index is -4.26. The van der Waals surface area contributed by atoms with Gasteiger partial charge < -0.3 is 5.32 Å². The first-order chi connectivity index (χ1) is 11.4. The summed E-state index contributed by atoms with van der Waals surface area (Å²) in [6.45, 7) is 0. The minimum Gasteiger partial charge on any atom is -0.352 e. The first-order valence-corrected chi connectivity index (χ1v) is 9.49. The predicted molar refractivity (Wildman–Crippen MR) is 88.1 cm³/mol. The fraction of sp³-hybridized carbons (Fsp3) is 0.533. The maximum Gasteiger partial charge on any atom is 0.393 e. The van der Waals surface area contributed by atoms with Gasteiger partial charge >= 0.3 is 6.18 Å². The summed E-state index contributed by atoms with van der Waals surface area (Å²) < 4.78 is 40.1. The molecule has 1 aliphatic rings. The second kappa shape index (κ2) is 7.26. The van der Waals surface area contributed by atoms with Crippen LogP contribution in [0.2, 0.25) is 0 Å². The number of fused-ring (bicyclic) bond motifs is 1. The molecule has 0 aromatic carbocycles. The number of aromatic nitrogens is 2. The number of hydrogen-bond acceptors (Lipinski definition) is 5. The Bertz CT molecular complexity index is 719. The molecular weight excluding hydrogens is 359 g/mol. The Hall–Kier alpha value is -1.35. The third kappa shape index (κ3) is 4.00. The van der Waals surface area contributed by atoms with E-state index in [1.54, 1.807) is 0 Å². The van der Waals surface area contributed by atoms with E-state index in [4.69, 9.17) is 0 Å².